The zero-order valence-corrected chi connectivity index (χ0v) is 42.5. The lowest BCUT2D eigenvalue weighted by Gasteiger charge is -2.47. The summed E-state index contributed by atoms with van der Waals surface area (Å²) >= 11 is 0. The Balaban J connectivity index is 3.01. The van der Waals surface area contributed by atoms with Crippen LogP contribution >= 0.6 is 0 Å². The molecule has 1 heterocycles. The molecule has 380 valence electrons. The molecule has 0 aromatic carbocycles. The standard InChI is InChI=1S/C52H98N4O9/c1-9-11-13-15-17-19-21-23-24-25-26-28-30-32-34-36-44(58)56(37-35-33-31-29-27-22-20-18-16-14-12-10-2)50-45(47(60)46(59)43(39-57)64-50)55-48(61)41(5)53-49(62)42(38-40(3)4)54-51(63)65-52(6,7)8/h23-24,40-43,45-47,50,57,59-60H,9-22,25-39H2,1-8H3,(H,53,62)(H,54,63)(H,55,61)/b24-23-/t41-,42-,43+,45+,46+,47+,50+/m0/s1. The molecule has 0 aromatic heterocycles. The van der Waals surface area contributed by atoms with Crippen molar-refractivity contribution >= 4 is 23.8 Å². The minimum Gasteiger partial charge on any atom is -0.444 e. The third kappa shape index (κ3) is 28.3. The first-order valence-electron chi connectivity index (χ1n) is 26.2. The van der Waals surface area contributed by atoms with E-state index in [9.17, 15) is 34.5 Å². The van der Waals surface area contributed by atoms with Gasteiger partial charge in [-0.15, -0.1) is 0 Å². The van der Waals surface area contributed by atoms with E-state index < -0.39 is 72.8 Å². The van der Waals surface area contributed by atoms with Crippen LogP contribution in [0.4, 0.5) is 4.79 Å². The average molecular weight is 923 g/mol. The van der Waals surface area contributed by atoms with Crippen molar-refractivity contribution in [3.63, 3.8) is 0 Å². The highest BCUT2D eigenvalue weighted by Gasteiger charge is 2.48. The van der Waals surface area contributed by atoms with Gasteiger partial charge in [0.05, 0.1) is 6.61 Å². The number of nitrogens with one attached hydrogen (secondary N) is 3. The molecule has 13 nitrogen and oxygen atoms in total. The molecule has 0 saturated carbocycles. The summed E-state index contributed by atoms with van der Waals surface area (Å²) in [5.74, 6) is -1.42. The molecule has 6 N–H and O–H groups in total. The Labute approximate surface area is 395 Å². The van der Waals surface area contributed by atoms with E-state index in [1.54, 1.807) is 25.7 Å². The van der Waals surface area contributed by atoms with E-state index in [0.29, 0.717) is 19.4 Å². The van der Waals surface area contributed by atoms with Gasteiger partial charge < -0.3 is 45.6 Å². The van der Waals surface area contributed by atoms with Crippen molar-refractivity contribution in [2.45, 2.75) is 277 Å². The van der Waals surface area contributed by atoms with Crippen LogP contribution in [0.2, 0.25) is 0 Å². The minimum absolute atomic E-state index is 0.0292. The number of aliphatic hydroxyl groups excluding tert-OH is 3. The molecule has 0 unspecified atom stereocenters. The van der Waals surface area contributed by atoms with Gasteiger partial charge in [0.1, 0.15) is 42.0 Å². The normalized spacial score (nSPS) is 19.8. The second kappa shape index (κ2) is 36.3. The molecule has 1 saturated heterocycles. The fourth-order valence-corrected chi connectivity index (χ4v) is 8.35. The zero-order chi connectivity index (χ0) is 48.5. The van der Waals surface area contributed by atoms with Gasteiger partial charge in [-0.25, -0.2) is 4.79 Å². The van der Waals surface area contributed by atoms with Gasteiger partial charge in [-0.1, -0.05) is 162 Å². The number of aliphatic hydroxyl groups is 3. The second-order valence-corrected chi connectivity index (χ2v) is 20.1. The summed E-state index contributed by atoms with van der Waals surface area (Å²) in [5.41, 5.74) is -0.776. The number of unbranched alkanes of at least 4 members (excludes halogenated alkanes) is 22. The maximum absolute atomic E-state index is 14.2. The number of alkyl carbamates (subject to hydrolysis) is 1. The topological polar surface area (TPSA) is 187 Å². The van der Waals surface area contributed by atoms with Crippen LogP contribution in [0.3, 0.4) is 0 Å². The molecule has 0 radical (unpaired) electrons. The molecular formula is C52H98N4O9. The molecule has 0 aromatic rings. The van der Waals surface area contributed by atoms with E-state index >= 15 is 0 Å². The van der Waals surface area contributed by atoms with Crippen LogP contribution in [-0.4, -0.2) is 105 Å². The number of carbonyl (C=O) groups excluding carboxylic acids is 4. The van der Waals surface area contributed by atoms with Crippen LogP contribution in [0, 0.1) is 5.92 Å². The van der Waals surface area contributed by atoms with E-state index in [1.165, 1.54) is 96.8 Å². The number of hydrogen-bond acceptors (Lipinski definition) is 9. The third-order valence-corrected chi connectivity index (χ3v) is 12.2. The Morgan fingerprint density at radius 2 is 1.14 bits per heavy atom. The van der Waals surface area contributed by atoms with Crippen LogP contribution in [-0.2, 0) is 23.9 Å². The number of allylic oxidation sites excluding steroid dienone is 2. The van der Waals surface area contributed by atoms with Crippen molar-refractivity contribution in [3.05, 3.63) is 12.2 Å². The average Bonchev–Trinajstić information content (AvgIpc) is 3.24. The summed E-state index contributed by atoms with van der Waals surface area (Å²) < 4.78 is 11.6. The van der Waals surface area contributed by atoms with E-state index in [4.69, 9.17) is 9.47 Å². The molecule has 4 amide bonds. The van der Waals surface area contributed by atoms with Gasteiger partial charge in [-0.2, -0.15) is 0 Å². The lowest BCUT2D eigenvalue weighted by Crippen LogP contribution is -2.70. The molecular weight excluding hydrogens is 825 g/mol. The lowest BCUT2D eigenvalue weighted by molar-refractivity contribution is -0.231. The Bertz CT molecular complexity index is 1290. The molecule has 0 spiro atoms. The first kappa shape index (κ1) is 60.3. The van der Waals surface area contributed by atoms with Crippen LogP contribution in [0.15, 0.2) is 12.2 Å². The number of carbonyl (C=O) groups is 4. The monoisotopic (exact) mass is 923 g/mol. The smallest absolute Gasteiger partial charge is 0.408 e. The molecule has 1 aliphatic heterocycles. The first-order chi connectivity index (χ1) is 31.1. The van der Waals surface area contributed by atoms with Crippen molar-refractivity contribution in [1.82, 2.24) is 20.9 Å². The highest BCUT2D eigenvalue weighted by molar-refractivity contribution is 5.91. The molecule has 7 atom stereocenters. The molecule has 13 heteroatoms. The number of ether oxygens (including phenoxy) is 2. The molecule has 1 fully saturated rings. The highest BCUT2D eigenvalue weighted by Crippen LogP contribution is 2.26. The van der Waals surface area contributed by atoms with E-state index in [2.05, 4.69) is 41.9 Å². The molecule has 1 aliphatic rings. The predicted molar refractivity (Wildman–Crippen MR) is 262 cm³/mol. The summed E-state index contributed by atoms with van der Waals surface area (Å²) in [5, 5.41) is 40.7. The lowest BCUT2D eigenvalue weighted by atomic mass is 9.94. The van der Waals surface area contributed by atoms with E-state index in [0.717, 1.165) is 57.8 Å². The summed E-state index contributed by atoms with van der Waals surface area (Å²) in [6, 6.07) is -3.38. The molecule has 0 aliphatic carbocycles. The number of nitrogens with zero attached hydrogens (tertiary/aromatic N) is 1. The quantitative estimate of drug-likeness (QED) is 0.0261. The maximum atomic E-state index is 14.2. The number of hydrogen-bond donors (Lipinski definition) is 6. The fourth-order valence-electron chi connectivity index (χ4n) is 8.35. The van der Waals surface area contributed by atoms with Gasteiger partial charge in [-0.3, -0.25) is 14.4 Å². The highest BCUT2D eigenvalue weighted by atomic mass is 16.6. The van der Waals surface area contributed by atoms with E-state index in [1.807, 2.05) is 13.8 Å². The minimum atomic E-state index is -1.59. The molecule has 65 heavy (non-hydrogen) atoms. The van der Waals surface area contributed by atoms with Gasteiger partial charge in [-0.05, 0) is 78.6 Å². The Kier molecular flexibility index (Phi) is 33.7. The van der Waals surface area contributed by atoms with E-state index in [-0.39, 0.29) is 24.7 Å². The van der Waals surface area contributed by atoms with Gasteiger partial charge in [0.25, 0.3) is 0 Å². The summed E-state index contributed by atoms with van der Waals surface area (Å²) in [7, 11) is 0. The van der Waals surface area contributed by atoms with Crippen molar-refractivity contribution in [1.29, 1.82) is 0 Å². The number of rotatable bonds is 37. The van der Waals surface area contributed by atoms with Gasteiger partial charge in [0.15, 0.2) is 6.23 Å². The SMILES string of the molecule is CCCCCCCC/C=C\CCCCCCCC(=O)N(CCCCCCCCCCCCCC)[C@@H]1O[C@H](CO)[C@@H](O)[C@H](O)[C@H]1NC(=O)[C@H](C)NC(=O)[C@H](CC(C)C)NC(=O)OC(C)(C)C. The third-order valence-electron chi connectivity index (χ3n) is 12.2. The Morgan fingerprint density at radius 1 is 0.662 bits per heavy atom. The van der Waals surface area contributed by atoms with Gasteiger partial charge >= 0.3 is 6.09 Å². The summed E-state index contributed by atoms with van der Waals surface area (Å²) in [6.45, 7) is 14.7. The van der Waals surface area contributed by atoms with Crippen LogP contribution < -0.4 is 16.0 Å². The maximum Gasteiger partial charge on any atom is 0.408 e. The summed E-state index contributed by atoms with van der Waals surface area (Å²) in [4.78, 5) is 55.6. The Morgan fingerprint density at radius 3 is 1.62 bits per heavy atom. The summed E-state index contributed by atoms with van der Waals surface area (Å²) in [6.07, 6.45) is 27.6. The second-order valence-electron chi connectivity index (χ2n) is 20.1. The van der Waals surface area contributed by atoms with Crippen molar-refractivity contribution in [2.75, 3.05) is 13.2 Å². The predicted octanol–water partition coefficient (Wildman–Crippen LogP) is 9.92. The Hall–Kier alpha value is -2.74. The largest absolute Gasteiger partial charge is 0.444 e. The zero-order valence-electron chi connectivity index (χ0n) is 42.5. The number of amides is 4. The van der Waals surface area contributed by atoms with Crippen molar-refractivity contribution in [2.24, 2.45) is 5.92 Å². The van der Waals surface area contributed by atoms with Crippen molar-refractivity contribution in [3.8, 4) is 0 Å². The molecule has 0 bridgehead atoms. The van der Waals surface area contributed by atoms with Gasteiger partial charge in [0, 0.05) is 13.0 Å². The molecule has 1 rings (SSSR count). The van der Waals surface area contributed by atoms with Crippen LogP contribution in [0.5, 0.6) is 0 Å². The fraction of sp³-hybridized carbons (Fsp3) is 0.885. The van der Waals surface area contributed by atoms with Crippen molar-refractivity contribution < 1.29 is 44.0 Å². The van der Waals surface area contributed by atoms with Crippen LogP contribution in [0.1, 0.15) is 229 Å². The van der Waals surface area contributed by atoms with Gasteiger partial charge in [0.2, 0.25) is 17.7 Å². The first-order valence-corrected chi connectivity index (χ1v) is 26.2. The van der Waals surface area contributed by atoms with Crippen LogP contribution in [0.25, 0.3) is 0 Å².